The zero-order valence-electron chi connectivity index (χ0n) is 17.5. The number of aliphatic hydroxyl groups excluding tert-OH is 1. The van der Waals surface area contributed by atoms with Gasteiger partial charge < -0.3 is 14.9 Å². The van der Waals surface area contributed by atoms with Crippen LogP contribution in [0.3, 0.4) is 0 Å². The second-order valence-corrected chi connectivity index (χ2v) is 9.93. The van der Waals surface area contributed by atoms with Gasteiger partial charge in [0, 0.05) is 31.5 Å². The second-order valence-electron chi connectivity index (χ2n) is 8.28. The number of hydrogen-bond donors (Lipinski definition) is 3. The number of fused-ring (bicyclic) bond motifs is 2. The Hall–Kier alpha value is -2.30. The first kappa shape index (κ1) is 21.0. The van der Waals surface area contributed by atoms with Crippen molar-refractivity contribution in [3.63, 3.8) is 0 Å². The summed E-state index contributed by atoms with van der Waals surface area (Å²) < 4.78 is 3.23. The van der Waals surface area contributed by atoms with Crippen molar-refractivity contribution >= 4 is 54.7 Å². The maximum absolute atomic E-state index is 13.8. The number of nitrogens with one attached hydrogen (secondary N) is 2. The number of Topliss-reactive ketones (excluding diaryl/α,β-unsaturated/α-hetero) is 1. The van der Waals surface area contributed by atoms with Crippen molar-refractivity contribution in [2.24, 2.45) is 10.9 Å². The van der Waals surface area contributed by atoms with Crippen molar-refractivity contribution in [2.75, 3.05) is 11.0 Å². The van der Waals surface area contributed by atoms with Crippen molar-refractivity contribution in [1.82, 2.24) is 5.09 Å². The lowest BCUT2D eigenvalue weighted by Crippen LogP contribution is -2.43. The number of anilines is 1. The van der Waals surface area contributed by atoms with Gasteiger partial charge in [-0.1, -0.05) is 50.1 Å². The van der Waals surface area contributed by atoms with Crippen LogP contribution < -0.4 is 15.1 Å². The monoisotopic (exact) mass is 439 g/mol. The normalized spacial score (nSPS) is 21.2. The molecule has 0 amide bonds. The molecule has 0 fully saturated rings. The van der Waals surface area contributed by atoms with Gasteiger partial charge in [0.05, 0.1) is 11.1 Å². The maximum atomic E-state index is 13.8. The van der Waals surface area contributed by atoms with Gasteiger partial charge in [0.15, 0.2) is 5.78 Å². The van der Waals surface area contributed by atoms with Gasteiger partial charge in [0.2, 0.25) is 0 Å². The maximum Gasteiger partial charge on any atom is 0.180 e. The summed E-state index contributed by atoms with van der Waals surface area (Å²) in [6, 6.07) is 13.6. The molecule has 0 bridgehead atoms. The van der Waals surface area contributed by atoms with E-state index in [9.17, 15) is 9.90 Å². The van der Waals surface area contributed by atoms with E-state index in [1.165, 1.54) is 11.9 Å². The summed E-state index contributed by atoms with van der Waals surface area (Å²) in [5.74, 6) is 0.725. The van der Waals surface area contributed by atoms with Gasteiger partial charge in [-0.2, -0.15) is 0 Å². The van der Waals surface area contributed by atoms with Crippen LogP contribution in [0.1, 0.15) is 38.3 Å². The molecular formula is C23H26N3O2PS. The summed E-state index contributed by atoms with van der Waals surface area (Å²) in [6.45, 7) is 6.22. The molecule has 0 aromatic heterocycles. The number of carbonyl (C=O) groups is 1. The zero-order chi connectivity index (χ0) is 21.5. The standard InChI is InChI=1S/C23H26N3O2PS/c1-13(2)12-23(3)16-8-6-5-7-15(16)20(27)19(21(23)28)22-24-17-10-9-14(26-30-4)11-18(17)29-25-22/h5-11,13,26-27,29H,12H2,1-4H3,(H,24,25). The minimum absolute atomic E-state index is 0.0111. The molecule has 156 valence electrons. The fourth-order valence-corrected chi connectivity index (χ4v) is 5.65. The smallest absolute Gasteiger partial charge is 0.180 e. The summed E-state index contributed by atoms with van der Waals surface area (Å²) in [5.41, 5.74) is 3.04. The highest BCUT2D eigenvalue weighted by molar-refractivity contribution is 7.99. The van der Waals surface area contributed by atoms with Gasteiger partial charge in [0.1, 0.15) is 17.2 Å². The molecule has 0 saturated heterocycles. The van der Waals surface area contributed by atoms with Crippen LogP contribution in [-0.2, 0) is 10.2 Å². The van der Waals surface area contributed by atoms with E-state index in [0.717, 1.165) is 22.2 Å². The Bertz CT molecular complexity index is 1080. The number of carbonyl (C=O) groups excluding carboxylic acids is 1. The molecule has 4 rings (SSSR count). The first-order valence-electron chi connectivity index (χ1n) is 9.97. The van der Waals surface area contributed by atoms with E-state index >= 15 is 0 Å². The largest absolute Gasteiger partial charge is 0.506 e. The van der Waals surface area contributed by atoms with Gasteiger partial charge in [0.25, 0.3) is 0 Å². The molecule has 2 unspecified atom stereocenters. The van der Waals surface area contributed by atoms with Crippen LogP contribution >= 0.6 is 20.7 Å². The summed E-state index contributed by atoms with van der Waals surface area (Å²) in [7, 11) is 0.261. The highest BCUT2D eigenvalue weighted by atomic mass is 32.2. The molecule has 7 heteroatoms. The molecule has 2 atom stereocenters. The molecule has 5 nitrogen and oxygen atoms in total. The van der Waals surface area contributed by atoms with Gasteiger partial charge in [-0.05, 0) is 43.0 Å². The fraction of sp³-hybridized carbons (Fsp3) is 0.304. The van der Waals surface area contributed by atoms with Crippen molar-refractivity contribution in [2.45, 2.75) is 32.6 Å². The van der Waals surface area contributed by atoms with Crippen LogP contribution in [0.5, 0.6) is 0 Å². The summed E-state index contributed by atoms with van der Waals surface area (Å²) in [4.78, 5) is 18.5. The highest BCUT2D eigenvalue weighted by Crippen LogP contribution is 2.44. The summed E-state index contributed by atoms with van der Waals surface area (Å²) in [6.07, 6.45) is 2.68. The first-order chi connectivity index (χ1) is 14.3. The molecule has 2 aromatic rings. The predicted octanol–water partition coefficient (Wildman–Crippen LogP) is 5.08. The highest BCUT2D eigenvalue weighted by Gasteiger charge is 2.46. The third-order valence-corrected chi connectivity index (χ3v) is 7.03. The average Bonchev–Trinajstić information content (AvgIpc) is 2.72. The van der Waals surface area contributed by atoms with Crippen LogP contribution in [0.4, 0.5) is 11.4 Å². The lowest BCUT2D eigenvalue weighted by Gasteiger charge is -2.37. The zero-order valence-corrected chi connectivity index (χ0v) is 19.4. The number of benzene rings is 2. The van der Waals surface area contributed by atoms with Crippen LogP contribution in [0.15, 0.2) is 53.0 Å². The summed E-state index contributed by atoms with van der Waals surface area (Å²) >= 11 is 1.54. The van der Waals surface area contributed by atoms with E-state index in [-0.39, 0.29) is 20.3 Å². The minimum Gasteiger partial charge on any atom is -0.506 e. The van der Waals surface area contributed by atoms with Crippen LogP contribution in [-0.4, -0.2) is 23.0 Å². The molecule has 1 heterocycles. The van der Waals surface area contributed by atoms with Crippen molar-refractivity contribution in [3.8, 4) is 0 Å². The number of ketones is 1. The van der Waals surface area contributed by atoms with Crippen LogP contribution in [0.2, 0.25) is 0 Å². The van der Waals surface area contributed by atoms with Gasteiger partial charge in [-0.25, -0.2) is 4.99 Å². The lowest BCUT2D eigenvalue weighted by molar-refractivity contribution is -0.120. The number of amidine groups is 1. The molecule has 0 radical (unpaired) electrons. The molecule has 3 N–H and O–H groups in total. The molecular weight excluding hydrogens is 413 g/mol. The Balaban J connectivity index is 1.83. The van der Waals surface area contributed by atoms with Crippen molar-refractivity contribution in [3.05, 3.63) is 59.2 Å². The third kappa shape index (κ3) is 3.52. The number of hydrogen-bond acceptors (Lipinski definition) is 6. The number of rotatable bonds is 5. The molecule has 1 aliphatic carbocycles. The Morgan fingerprint density at radius 2 is 2.03 bits per heavy atom. The first-order valence-corrected chi connectivity index (χ1v) is 12.2. The topological polar surface area (TPSA) is 73.7 Å². The average molecular weight is 440 g/mol. The Kier molecular flexibility index (Phi) is 5.65. The molecule has 2 aromatic carbocycles. The van der Waals surface area contributed by atoms with Gasteiger partial charge in [-0.15, -0.1) is 0 Å². The van der Waals surface area contributed by atoms with E-state index < -0.39 is 5.41 Å². The van der Waals surface area contributed by atoms with E-state index in [0.29, 0.717) is 29.3 Å². The predicted molar refractivity (Wildman–Crippen MR) is 130 cm³/mol. The van der Waals surface area contributed by atoms with Crippen molar-refractivity contribution < 1.29 is 9.90 Å². The number of aliphatic imine (C=N–C) groups is 1. The van der Waals surface area contributed by atoms with E-state index in [4.69, 9.17) is 4.99 Å². The van der Waals surface area contributed by atoms with Crippen molar-refractivity contribution in [1.29, 1.82) is 0 Å². The van der Waals surface area contributed by atoms with Gasteiger partial charge >= 0.3 is 0 Å². The lowest BCUT2D eigenvalue weighted by atomic mass is 9.66. The van der Waals surface area contributed by atoms with Crippen LogP contribution in [0, 0.1) is 5.92 Å². The Morgan fingerprint density at radius 1 is 1.27 bits per heavy atom. The quantitative estimate of drug-likeness (QED) is 0.447. The van der Waals surface area contributed by atoms with Gasteiger partial charge in [-0.3, -0.25) is 4.79 Å². The molecule has 2 aliphatic rings. The van der Waals surface area contributed by atoms with E-state index in [2.05, 4.69) is 29.7 Å². The SMILES string of the molecule is CSNc1ccc2c(c1)PNC(C1=C(O)c3ccccc3C(C)(CC(C)C)C1=O)=N2. The minimum atomic E-state index is -0.702. The fourth-order valence-electron chi connectivity index (χ4n) is 4.36. The molecule has 30 heavy (non-hydrogen) atoms. The molecule has 0 saturated carbocycles. The third-order valence-electron chi connectivity index (χ3n) is 5.56. The van der Waals surface area contributed by atoms with E-state index in [1.807, 2.05) is 49.6 Å². The Labute approximate surface area is 183 Å². The Morgan fingerprint density at radius 3 is 2.77 bits per heavy atom. The van der Waals surface area contributed by atoms with Crippen LogP contribution in [0.25, 0.3) is 5.76 Å². The number of nitrogens with zero attached hydrogens (tertiary/aromatic N) is 1. The molecule has 0 spiro atoms. The summed E-state index contributed by atoms with van der Waals surface area (Å²) in [5, 5.41) is 15.5. The molecule has 1 aliphatic heterocycles. The second kappa shape index (κ2) is 8.09. The number of aliphatic hydroxyl groups is 1. The van der Waals surface area contributed by atoms with E-state index in [1.54, 1.807) is 0 Å².